The summed E-state index contributed by atoms with van der Waals surface area (Å²) in [4.78, 5) is 14.5. The zero-order chi connectivity index (χ0) is 19.2. The zero-order valence-electron chi connectivity index (χ0n) is 15.4. The lowest BCUT2D eigenvalue weighted by Crippen LogP contribution is -2.35. The van der Waals surface area contributed by atoms with Crippen LogP contribution < -0.4 is 10.1 Å². The molecule has 6 heteroatoms. The van der Waals surface area contributed by atoms with E-state index in [2.05, 4.69) is 17.3 Å². The number of amides is 1. The number of hydrogen-bond donors (Lipinski definition) is 1. The fraction of sp³-hybridized carbons (Fsp3) is 0.381. The summed E-state index contributed by atoms with van der Waals surface area (Å²) in [5, 5.41) is 4.09. The molecule has 1 saturated heterocycles. The second-order valence-electron chi connectivity index (χ2n) is 6.93. The number of nitrogens with zero attached hydrogens (tertiary/aromatic N) is 1. The molecular weight excluding hydrogens is 383 g/mol. The number of nitrogens with one attached hydrogen (secondary N) is 1. The first-order valence-electron chi connectivity index (χ1n) is 9.18. The summed E-state index contributed by atoms with van der Waals surface area (Å²) in [5.74, 6) is 0.792. The molecule has 1 aliphatic heterocycles. The van der Waals surface area contributed by atoms with Gasteiger partial charge in [-0.05, 0) is 68.3 Å². The van der Waals surface area contributed by atoms with Gasteiger partial charge < -0.3 is 15.0 Å². The Bertz CT molecular complexity index is 772. The van der Waals surface area contributed by atoms with Crippen molar-refractivity contribution in [3.8, 4) is 5.75 Å². The van der Waals surface area contributed by atoms with Crippen LogP contribution >= 0.6 is 23.2 Å². The van der Waals surface area contributed by atoms with Crippen molar-refractivity contribution < 1.29 is 9.53 Å². The van der Waals surface area contributed by atoms with Gasteiger partial charge in [0.1, 0.15) is 11.9 Å². The van der Waals surface area contributed by atoms with E-state index in [-0.39, 0.29) is 12.0 Å². The second-order valence-corrected chi connectivity index (χ2v) is 7.77. The number of rotatable bonds is 6. The van der Waals surface area contributed by atoms with Crippen LogP contribution in [0.15, 0.2) is 42.5 Å². The number of carbonyl (C=O) groups excluding carboxylic acids is 1. The summed E-state index contributed by atoms with van der Waals surface area (Å²) in [5.41, 5.74) is 1.68. The summed E-state index contributed by atoms with van der Waals surface area (Å²) in [6, 6.07) is 12.9. The van der Waals surface area contributed by atoms with Crippen LogP contribution in [-0.4, -0.2) is 37.0 Å². The van der Waals surface area contributed by atoms with Gasteiger partial charge in [-0.1, -0.05) is 29.3 Å². The monoisotopic (exact) mass is 406 g/mol. The molecule has 0 spiro atoms. The normalized spacial score (nSPS) is 15.5. The Kier molecular flexibility index (Phi) is 7.00. The Morgan fingerprint density at radius 2 is 1.85 bits per heavy atom. The van der Waals surface area contributed by atoms with Crippen molar-refractivity contribution in [2.24, 2.45) is 0 Å². The van der Waals surface area contributed by atoms with Gasteiger partial charge in [0, 0.05) is 35.2 Å². The molecule has 1 heterocycles. The Morgan fingerprint density at radius 3 is 2.52 bits per heavy atom. The number of carbonyl (C=O) groups is 1. The number of piperidine rings is 1. The highest BCUT2D eigenvalue weighted by molar-refractivity contribution is 6.35. The minimum absolute atomic E-state index is 0.0509. The number of anilines is 1. The second kappa shape index (κ2) is 9.45. The quantitative estimate of drug-likeness (QED) is 0.730. The van der Waals surface area contributed by atoms with Crippen LogP contribution in [0.25, 0.3) is 0 Å². The molecule has 4 nitrogen and oxygen atoms in total. The molecule has 0 bridgehead atoms. The maximum Gasteiger partial charge on any atom is 0.224 e. The van der Waals surface area contributed by atoms with Crippen LogP contribution in [0.2, 0.25) is 10.0 Å². The van der Waals surface area contributed by atoms with Crippen LogP contribution in [-0.2, 0) is 11.2 Å². The van der Waals surface area contributed by atoms with Crippen molar-refractivity contribution in [1.29, 1.82) is 0 Å². The lowest BCUT2D eigenvalue weighted by Gasteiger charge is -2.29. The Hall–Kier alpha value is -1.75. The number of hydrogen-bond acceptors (Lipinski definition) is 3. The van der Waals surface area contributed by atoms with Gasteiger partial charge in [-0.2, -0.15) is 0 Å². The third-order valence-corrected chi connectivity index (χ3v) is 5.33. The minimum Gasteiger partial charge on any atom is -0.490 e. The first kappa shape index (κ1) is 20.0. The molecule has 0 aliphatic carbocycles. The van der Waals surface area contributed by atoms with Crippen molar-refractivity contribution in [2.45, 2.75) is 31.8 Å². The molecule has 1 N–H and O–H groups in total. The van der Waals surface area contributed by atoms with E-state index in [0.717, 1.165) is 42.9 Å². The van der Waals surface area contributed by atoms with Gasteiger partial charge in [0.15, 0.2) is 0 Å². The summed E-state index contributed by atoms with van der Waals surface area (Å²) < 4.78 is 6.03. The molecule has 1 fully saturated rings. The molecule has 0 atom stereocenters. The van der Waals surface area contributed by atoms with E-state index in [4.69, 9.17) is 27.9 Å². The third kappa shape index (κ3) is 6.13. The van der Waals surface area contributed by atoms with Gasteiger partial charge in [-0.3, -0.25) is 4.79 Å². The number of aryl methyl sites for hydroxylation is 1. The Morgan fingerprint density at radius 1 is 1.15 bits per heavy atom. The first-order chi connectivity index (χ1) is 13.0. The highest BCUT2D eigenvalue weighted by Gasteiger charge is 2.17. The van der Waals surface area contributed by atoms with Crippen LogP contribution in [0, 0.1) is 0 Å². The third-order valence-electron chi connectivity index (χ3n) is 4.74. The van der Waals surface area contributed by atoms with Gasteiger partial charge >= 0.3 is 0 Å². The van der Waals surface area contributed by atoms with E-state index in [1.807, 2.05) is 30.3 Å². The topological polar surface area (TPSA) is 41.6 Å². The van der Waals surface area contributed by atoms with E-state index in [1.165, 1.54) is 0 Å². The van der Waals surface area contributed by atoms with Gasteiger partial charge in [-0.25, -0.2) is 0 Å². The van der Waals surface area contributed by atoms with Gasteiger partial charge in [-0.15, -0.1) is 0 Å². The van der Waals surface area contributed by atoms with Crippen LogP contribution in [0.1, 0.15) is 24.8 Å². The smallest absolute Gasteiger partial charge is 0.224 e. The van der Waals surface area contributed by atoms with E-state index in [0.29, 0.717) is 22.9 Å². The molecule has 2 aromatic rings. The molecular formula is C21H24Cl2N2O2. The molecule has 27 heavy (non-hydrogen) atoms. The largest absolute Gasteiger partial charge is 0.490 e. The van der Waals surface area contributed by atoms with E-state index in [1.54, 1.807) is 12.1 Å². The van der Waals surface area contributed by atoms with Crippen LogP contribution in [0.5, 0.6) is 5.75 Å². The molecule has 0 unspecified atom stereocenters. The van der Waals surface area contributed by atoms with Crippen LogP contribution in [0.3, 0.4) is 0 Å². The van der Waals surface area contributed by atoms with E-state index < -0.39 is 0 Å². The predicted molar refractivity (Wildman–Crippen MR) is 111 cm³/mol. The van der Waals surface area contributed by atoms with Crippen molar-refractivity contribution in [3.05, 3.63) is 58.1 Å². The maximum absolute atomic E-state index is 12.2. The highest BCUT2D eigenvalue weighted by Crippen LogP contribution is 2.23. The summed E-state index contributed by atoms with van der Waals surface area (Å²) in [7, 11) is 2.13. The van der Waals surface area contributed by atoms with Gasteiger partial charge in [0.25, 0.3) is 0 Å². The fourth-order valence-corrected chi connectivity index (χ4v) is 3.61. The van der Waals surface area contributed by atoms with Crippen molar-refractivity contribution in [1.82, 2.24) is 4.90 Å². The number of likely N-dealkylation sites (tertiary alicyclic amines) is 1. The van der Waals surface area contributed by atoms with E-state index in [9.17, 15) is 4.79 Å². The lowest BCUT2D eigenvalue weighted by atomic mass is 10.1. The minimum atomic E-state index is -0.0509. The average molecular weight is 407 g/mol. The van der Waals surface area contributed by atoms with Gasteiger partial charge in [0.05, 0.1) is 0 Å². The molecule has 1 aliphatic rings. The molecule has 0 radical (unpaired) electrons. The molecule has 0 aromatic heterocycles. The molecule has 3 rings (SSSR count). The van der Waals surface area contributed by atoms with E-state index >= 15 is 0 Å². The molecule has 1 amide bonds. The highest BCUT2D eigenvalue weighted by atomic mass is 35.5. The van der Waals surface area contributed by atoms with Crippen LogP contribution in [0.4, 0.5) is 5.69 Å². The first-order valence-corrected chi connectivity index (χ1v) is 9.94. The van der Waals surface area contributed by atoms with Crippen molar-refractivity contribution >= 4 is 34.8 Å². The number of ether oxygens (including phenoxy) is 1. The molecule has 0 saturated carbocycles. The fourth-order valence-electron chi connectivity index (χ4n) is 3.11. The van der Waals surface area contributed by atoms with Gasteiger partial charge in [0.2, 0.25) is 5.91 Å². The maximum atomic E-state index is 12.2. The van der Waals surface area contributed by atoms with Crippen molar-refractivity contribution in [2.75, 3.05) is 25.5 Å². The Balaban J connectivity index is 1.46. The summed E-state index contributed by atoms with van der Waals surface area (Å²) in [6.45, 7) is 2.13. The number of halogens is 2. The predicted octanol–water partition coefficient (Wildman–Crippen LogP) is 5.04. The average Bonchev–Trinajstić information content (AvgIpc) is 2.64. The lowest BCUT2D eigenvalue weighted by molar-refractivity contribution is -0.116. The molecule has 144 valence electrons. The molecule has 2 aromatic carbocycles. The standard InChI is InChI=1S/C21H24Cl2N2O2/c1-25-12-10-19(11-13-25)27-18-7-5-17(6-8-18)24-21(26)9-3-15-2-4-16(22)14-20(15)23/h2,4-8,14,19H,3,9-13H2,1H3,(H,24,26). The van der Waals surface area contributed by atoms with Crippen molar-refractivity contribution in [3.63, 3.8) is 0 Å². The number of benzene rings is 2. The summed E-state index contributed by atoms with van der Waals surface area (Å²) in [6.07, 6.45) is 3.28. The Labute approximate surface area is 170 Å². The zero-order valence-corrected chi connectivity index (χ0v) is 16.9. The SMILES string of the molecule is CN1CCC(Oc2ccc(NC(=O)CCc3ccc(Cl)cc3Cl)cc2)CC1. The summed E-state index contributed by atoms with van der Waals surface area (Å²) >= 11 is 12.0.